The van der Waals surface area contributed by atoms with Crippen LogP contribution in [0.3, 0.4) is 0 Å². The van der Waals surface area contributed by atoms with Crippen LogP contribution in [0.15, 0.2) is 12.7 Å². The number of carbonyl (C=O) groups excluding carboxylic acids is 1. The summed E-state index contributed by atoms with van der Waals surface area (Å²) in [7, 11) is 3.77. The third kappa shape index (κ3) is 7.99. The van der Waals surface area contributed by atoms with Crippen molar-refractivity contribution in [3.05, 3.63) is 12.7 Å². The molecule has 0 spiro atoms. The van der Waals surface area contributed by atoms with Gasteiger partial charge in [-0.3, -0.25) is 0 Å². The van der Waals surface area contributed by atoms with Crippen LogP contribution in [0, 0.1) is 11.8 Å². The van der Waals surface area contributed by atoms with Crippen LogP contribution in [0.2, 0.25) is 0 Å². The number of hydrogen-bond acceptors (Lipinski definition) is 4. The van der Waals surface area contributed by atoms with E-state index < -0.39 is 11.4 Å². The quantitative estimate of drug-likeness (QED) is 0.341. The number of methoxy groups -OCH3 is 1. The number of ether oxygens (including phenoxy) is 2. The minimum absolute atomic E-state index is 0.0154. The maximum Gasteiger partial charge on any atom is 0.508 e. The van der Waals surface area contributed by atoms with Gasteiger partial charge >= 0.3 is 6.16 Å². The van der Waals surface area contributed by atoms with Gasteiger partial charge in [-0.05, 0) is 6.42 Å². The molecule has 0 bridgehead atoms. The lowest BCUT2D eigenvalue weighted by atomic mass is 10.1. The van der Waals surface area contributed by atoms with E-state index in [1.54, 1.807) is 6.08 Å². The highest BCUT2D eigenvalue weighted by Gasteiger charge is 2.14. The van der Waals surface area contributed by atoms with Gasteiger partial charge in [-0.2, -0.15) is 0 Å². The molecule has 0 radical (unpaired) electrons. The standard InChI is InChI=1S/C10H16NO3P/c1-3-6-10(11,15)7-4-5-8-14-9(12)13-2/h3H,1,6-8,11,15H2,2H3. The summed E-state index contributed by atoms with van der Waals surface area (Å²) in [6, 6.07) is 0. The van der Waals surface area contributed by atoms with E-state index in [0.29, 0.717) is 12.8 Å². The van der Waals surface area contributed by atoms with Crippen molar-refractivity contribution < 1.29 is 14.3 Å². The summed E-state index contributed by atoms with van der Waals surface area (Å²) in [5.41, 5.74) is 5.85. The molecule has 84 valence electrons. The number of nitrogens with two attached hydrogens (primary N) is 1. The Morgan fingerprint density at radius 3 is 2.87 bits per heavy atom. The first-order valence-corrected chi connectivity index (χ1v) is 4.94. The molecule has 2 unspecified atom stereocenters. The van der Waals surface area contributed by atoms with Gasteiger partial charge in [0.2, 0.25) is 0 Å². The van der Waals surface area contributed by atoms with Gasteiger partial charge in [-0.1, -0.05) is 17.9 Å². The average Bonchev–Trinajstić information content (AvgIpc) is 2.16. The minimum Gasteiger partial charge on any atom is -0.438 e. The van der Waals surface area contributed by atoms with Crippen LogP contribution in [-0.2, 0) is 9.47 Å². The molecule has 0 amide bonds. The third-order valence-corrected chi connectivity index (χ3v) is 1.94. The van der Waals surface area contributed by atoms with E-state index in [-0.39, 0.29) is 6.61 Å². The molecule has 0 aliphatic rings. The molecule has 0 aromatic heterocycles. The Kier molecular flexibility index (Phi) is 6.77. The fourth-order valence-corrected chi connectivity index (χ4v) is 1.04. The molecule has 0 saturated heterocycles. The van der Waals surface area contributed by atoms with E-state index in [0.717, 1.165) is 0 Å². The summed E-state index contributed by atoms with van der Waals surface area (Å²) in [5.74, 6) is 5.48. The van der Waals surface area contributed by atoms with E-state index in [2.05, 4.69) is 37.1 Å². The second-order valence-corrected chi connectivity index (χ2v) is 4.15. The molecule has 0 aliphatic carbocycles. The van der Waals surface area contributed by atoms with Crippen LogP contribution < -0.4 is 5.73 Å². The maximum atomic E-state index is 10.5. The molecule has 0 heterocycles. The van der Waals surface area contributed by atoms with Crippen molar-refractivity contribution in [2.75, 3.05) is 13.7 Å². The van der Waals surface area contributed by atoms with Gasteiger partial charge in [0.1, 0.15) is 0 Å². The normalized spacial score (nSPS) is 13.0. The fraction of sp³-hybridized carbons (Fsp3) is 0.500. The SMILES string of the molecule is C=CCC(N)(P)CC#CCOC(=O)OC. The first kappa shape index (κ1) is 14.0. The lowest BCUT2D eigenvalue weighted by Gasteiger charge is -2.18. The molecular weight excluding hydrogens is 213 g/mol. The fourth-order valence-electron chi connectivity index (χ4n) is 0.773. The van der Waals surface area contributed by atoms with Gasteiger partial charge in [0.15, 0.2) is 6.61 Å². The van der Waals surface area contributed by atoms with Gasteiger partial charge in [0.05, 0.1) is 7.11 Å². The number of carbonyl (C=O) groups is 1. The molecule has 2 N–H and O–H groups in total. The topological polar surface area (TPSA) is 61.5 Å². The van der Waals surface area contributed by atoms with Crippen molar-refractivity contribution in [3.8, 4) is 11.8 Å². The van der Waals surface area contributed by atoms with Crippen LogP contribution in [-0.4, -0.2) is 25.2 Å². The van der Waals surface area contributed by atoms with Crippen molar-refractivity contribution in [1.29, 1.82) is 0 Å². The molecule has 0 fully saturated rings. The number of hydrogen-bond donors (Lipinski definition) is 1. The Bertz CT molecular complexity index is 278. The predicted molar refractivity (Wildman–Crippen MR) is 62.2 cm³/mol. The smallest absolute Gasteiger partial charge is 0.438 e. The van der Waals surface area contributed by atoms with E-state index >= 15 is 0 Å². The summed E-state index contributed by atoms with van der Waals surface area (Å²) >= 11 is 0. The van der Waals surface area contributed by atoms with E-state index in [1.165, 1.54) is 7.11 Å². The lowest BCUT2D eigenvalue weighted by Crippen LogP contribution is -2.30. The second kappa shape index (κ2) is 7.28. The van der Waals surface area contributed by atoms with E-state index in [1.807, 2.05) is 0 Å². The van der Waals surface area contributed by atoms with Gasteiger partial charge in [0, 0.05) is 11.7 Å². The minimum atomic E-state index is -0.736. The zero-order valence-corrected chi connectivity index (χ0v) is 9.94. The van der Waals surface area contributed by atoms with Crippen LogP contribution in [0.4, 0.5) is 4.79 Å². The Balaban J connectivity index is 3.79. The highest BCUT2D eigenvalue weighted by atomic mass is 31.0. The first-order valence-electron chi connectivity index (χ1n) is 4.37. The molecule has 0 aromatic carbocycles. The zero-order valence-electron chi connectivity index (χ0n) is 8.79. The monoisotopic (exact) mass is 229 g/mol. The van der Waals surface area contributed by atoms with Crippen LogP contribution in [0.25, 0.3) is 0 Å². The molecule has 0 aromatic rings. The molecule has 4 nitrogen and oxygen atoms in total. The summed E-state index contributed by atoms with van der Waals surface area (Å²) in [6.45, 7) is 3.61. The third-order valence-electron chi connectivity index (χ3n) is 1.50. The summed E-state index contributed by atoms with van der Waals surface area (Å²) in [5, 5.41) is -0.458. The van der Waals surface area contributed by atoms with Crippen molar-refractivity contribution in [1.82, 2.24) is 0 Å². The van der Waals surface area contributed by atoms with Crippen LogP contribution in [0.5, 0.6) is 0 Å². The molecule has 0 aliphatic heterocycles. The van der Waals surface area contributed by atoms with Crippen LogP contribution in [0.1, 0.15) is 12.8 Å². The van der Waals surface area contributed by atoms with Gasteiger partial charge in [0.25, 0.3) is 0 Å². The highest BCUT2D eigenvalue weighted by Crippen LogP contribution is 2.19. The van der Waals surface area contributed by atoms with Gasteiger partial charge in [-0.25, -0.2) is 4.79 Å². The Hall–Kier alpha value is -1.04. The molecule has 0 saturated carbocycles. The van der Waals surface area contributed by atoms with Crippen molar-refractivity contribution in [3.63, 3.8) is 0 Å². The van der Waals surface area contributed by atoms with E-state index in [9.17, 15) is 4.79 Å². The highest BCUT2D eigenvalue weighted by molar-refractivity contribution is 7.18. The van der Waals surface area contributed by atoms with Crippen molar-refractivity contribution in [2.24, 2.45) is 5.73 Å². The van der Waals surface area contributed by atoms with Gasteiger partial charge < -0.3 is 15.2 Å². The van der Waals surface area contributed by atoms with E-state index in [4.69, 9.17) is 5.73 Å². The Morgan fingerprint density at radius 2 is 2.33 bits per heavy atom. The summed E-state index contributed by atoms with van der Waals surface area (Å²) < 4.78 is 8.83. The maximum absolute atomic E-state index is 10.5. The predicted octanol–water partition coefficient (Wildman–Crippen LogP) is 1.27. The average molecular weight is 229 g/mol. The molecule has 2 atom stereocenters. The summed E-state index contributed by atoms with van der Waals surface area (Å²) in [6.07, 6.45) is 2.15. The largest absolute Gasteiger partial charge is 0.508 e. The molecular formula is C10H16NO3P. The van der Waals surface area contributed by atoms with Gasteiger partial charge in [-0.15, -0.1) is 15.8 Å². The number of rotatable bonds is 4. The Morgan fingerprint density at radius 1 is 1.67 bits per heavy atom. The summed E-state index contributed by atoms with van der Waals surface area (Å²) in [4.78, 5) is 10.5. The zero-order chi connectivity index (χ0) is 11.7. The second-order valence-electron chi connectivity index (χ2n) is 3.00. The van der Waals surface area contributed by atoms with Crippen molar-refractivity contribution >= 4 is 15.4 Å². The molecule has 0 rings (SSSR count). The Labute approximate surface area is 92.4 Å². The van der Waals surface area contributed by atoms with Crippen LogP contribution >= 0.6 is 9.24 Å². The first-order chi connectivity index (χ1) is 7.02. The van der Waals surface area contributed by atoms with Crippen molar-refractivity contribution in [2.45, 2.75) is 18.1 Å². The lowest BCUT2D eigenvalue weighted by molar-refractivity contribution is 0.0832. The molecule has 15 heavy (non-hydrogen) atoms. The molecule has 5 heteroatoms.